The van der Waals surface area contributed by atoms with Crippen LogP contribution in [0.3, 0.4) is 0 Å². The van der Waals surface area contributed by atoms with Crippen molar-refractivity contribution < 1.29 is 0 Å². The molecule has 0 aliphatic heterocycles. The SMILES string of the molecule is CC(C)=CCc1ccccc1Cc1cccs1. The summed E-state index contributed by atoms with van der Waals surface area (Å²) in [5.41, 5.74) is 4.28. The van der Waals surface area contributed by atoms with E-state index in [0.29, 0.717) is 0 Å². The van der Waals surface area contributed by atoms with Crippen molar-refractivity contribution in [1.29, 1.82) is 0 Å². The molecule has 0 spiro atoms. The fourth-order valence-electron chi connectivity index (χ4n) is 1.84. The van der Waals surface area contributed by atoms with Crippen LogP contribution < -0.4 is 0 Å². The van der Waals surface area contributed by atoms with Gasteiger partial charge in [-0.15, -0.1) is 11.3 Å². The summed E-state index contributed by atoms with van der Waals surface area (Å²) >= 11 is 1.84. The summed E-state index contributed by atoms with van der Waals surface area (Å²) in [5, 5.41) is 2.15. The molecule has 2 aromatic rings. The lowest BCUT2D eigenvalue weighted by Gasteiger charge is -2.06. The van der Waals surface area contributed by atoms with Crippen LogP contribution in [-0.4, -0.2) is 0 Å². The smallest absolute Gasteiger partial charge is 0.00891 e. The quantitative estimate of drug-likeness (QED) is 0.672. The van der Waals surface area contributed by atoms with E-state index in [2.05, 4.69) is 61.7 Å². The Hall–Kier alpha value is -1.34. The Kier molecular flexibility index (Phi) is 4.16. The highest BCUT2D eigenvalue weighted by atomic mass is 32.1. The van der Waals surface area contributed by atoms with Crippen LogP contribution in [0.2, 0.25) is 0 Å². The molecule has 1 aromatic heterocycles. The van der Waals surface area contributed by atoms with Gasteiger partial charge in [-0.2, -0.15) is 0 Å². The van der Waals surface area contributed by atoms with Crippen molar-refractivity contribution in [2.45, 2.75) is 26.7 Å². The minimum atomic E-state index is 1.05. The van der Waals surface area contributed by atoms with E-state index in [4.69, 9.17) is 0 Å². The molecule has 0 saturated heterocycles. The second-order valence-corrected chi connectivity index (χ2v) is 5.54. The van der Waals surface area contributed by atoms with Crippen LogP contribution in [0, 0.1) is 0 Å². The minimum Gasteiger partial charge on any atom is -0.149 e. The molecule has 0 aliphatic carbocycles. The molecule has 2 rings (SSSR count). The third kappa shape index (κ3) is 3.57. The molecule has 1 aromatic carbocycles. The first kappa shape index (κ1) is 12.1. The van der Waals surface area contributed by atoms with Gasteiger partial charge in [-0.1, -0.05) is 42.0 Å². The Bertz CT molecular complexity index is 488. The molecule has 0 amide bonds. The van der Waals surface area contributed by atoms with E-state index < -0.39 is 0 Å². The number of hydrogen-bond donors (Lipinski definition) is 0. The van der Waals surface area contributed by atoms with E-state index in [1.807, 2.05) is 11.3 Å². The van der Waals surface area contributed by atoms with E-state index in [0.717, 1.165) is 12.8 Å². The Morgan fingerprint density at radius 2 is 1.82 bits per heavy atom. The monoisotopic (exact) mass is 242 g/mol. The van der Waals surface area contributed by atoms with Crippen LogP contribution in [0.15, 0.2) is 53.4 Å². The fraction of sp³-hybridized carbons (Fsp3) is 0.250. The zero-order valence-electron chi connectivity index (χ0n) is 10.4. The molecule has 0 fully saturated rings. The van der Waals surface area contributed by atoms with Gasteiger partial charge < -0.3 is 0 Å². The number of rotatable bonds is 4. The predicted molar refractivity (Wildman–Crippen MR) is 76.7 cm³/mol. The maximum absolute atomic E-state index is 2.30. The van der Waals surface area contributed by atoms with Gasteiger partial charge in [-0.05, 0) is 42.8 Å². The number of allylic oxidation sites excluding steroid dienone is 2. The average molecular weight is 242 g/mol. The van der Waals surface area contributed by atoms with Gasteiger partial charge in [-0.25, -0.2) is 0 Å². The summed E-state index contributed by atoms with van der Waals surface area (Å²) in [6.45, 7) is 4.31. The maximum Gasteiger partial charge on any atom is 0.00891 e. The van der Waals surface area contributed by atoms with E-state index in [1.54, 1.807) is 0 Å². The van der Waals surface area contributed by atoms with Crippen LogP contribution >= 0.6 is 11.3 Å². The van der Waals surface area contributed by atoms with Crippen molar-refractivity contribution in [2.24, 2.45) is 0 Å². The average Bonchev–Trinajstić information content (AvgIpc) is 2.80. The molecule has 0 bridgehead atoms. The molecule has 0 saturated carbocycles. The van der Waals surface area contributed by atoms with Crippen LogP contribution in [-0.2, 0) is 12.8 Å². The van der Waals surface area contributed by atoms with Crippen molar-refractivity contribution in [3.8, 4) is 0 Å². The highest BCUT2D eigenvalue weighted by molar-refractivity contribution is 7.09. The summed E-state index contributed by atoms with van der Waals surface area (Å²) in [6, 6.07) is 13.1. The van der Waals surface area contributed by atoms with Gasteiger partial charge in [0, 0.05) is 11.3 Å². The largest absolute Gasteiger partial charge is 0.149 e. The Labute approximate surface area is 108 Å². The van der Waals surface area contributed by atoms with Gasteiger partial charge in [0.05, 0.1) is 0 Å². The summed E-state index contributed by atoms with van der Waals surface area (Å²) in [4.78, 5) is 1.44. The molecule has 0 N–H and O–H groups in total. The number of hydrogen-bond acceptors (Lipinski definition) is 1. The lowest BCUT2D eigenvalue weighted by Crippen LogP contribution is -1.93. The van der Waals surface area contributed by atoms with Crippen molar-refractivity contribution in [3.05, 3.63) is 69.4 Å². The minimum absolute atomic E-state index is 1.05. The Morgan fingerprint density at radius 3 is 2.47 bits per heavy atom. The summed E-state index contributed by atoms with van der Waals surface area (Å²) in [5.74, 6) is 0. The van der Waals surface area contributed by atoms with Crippen LogP contribution in [0.1, 0.15) is 29.9 Å². The first-order chi connectivity index (χ1) is 8.25. The highest BCUT2D eigenvalue weighted by Crippen LogP contribution is 2.18. The molecule has 0 aliphatic rings. The normalized spacial score (nSPS) is 10.2. The van der Waals surface area contributed by atoms with Gasteiger partial charge in [0.15, 0.2) is 0 Å². The van der Waals surface area contributed by atoms with Gasteiger partial charge in [0.25, 0.3) is 0 Å². The summed E-state index contributed by atoms with van der Waals surface area (Å²) < 4.78 is 0. The second kappa shape index (κ2) is 5.83. The Balaban J connectivity index is 2.18. The molecule has 88 valence electrons. The Morgan fingerprint density at radius 1 is 1.06 bits per heavy atom. The van der Waals surface area contributed by atoms with Gasteiger partial charge in [0.2, 0.25) is 0 Å². The highest BCUT2D eigenvalue weighted by Gasteiger charge is 2.02. The molecule has 0 radical (unpaired) electrons. The molecule has 0 nitrogen and oxygen atoms in total. The van der Waals surface area contributed by atoms with Crippen molar-refractivity contribution in [2.75, 3.05) is 0 Å². The molecule has 0 unspecified atom stereocenters. The molecule has 1 heteroatoms. The lowest BCUT2D eigenvalue weighted by molar-refractivity contribution is 1.12. The fourth-order valence-corrected chi connectivity index (χ4v) is 2.57. The van der Waals surface area contributed by atoms with E-state index in [-0.39, 0.29) is 0 Å². The number of benzene rings is 1. The van der Waals surface area contributed by atoms with E-state index in [1.165, 1.54) is 21.6 Å². The third-order valence-corrected chi connectivity index (χ3v) is 3.67. The maximum atomic E-state index is 2.30. The van der Waals surface area contributed by atoms with Crippen molar-refractivity contribution in [1.82, 2.24) is 0 Å². The number of thiophene rings is 1. The van der Waals surface area contributed by atoms with Gasteiger partial charge >= 0.3 is 0 Å². The third-order valence-electron chi connectivity index (χ3n) is 2.79. The standard InChI is InChI=1S/C16H18S/c1-13(2)9-10-14-6-3-4-7-15(14)12-16-8-5-11-17-16/h3-9,11H,10,12H2,1-2H3. The zero-order chi connectivity index (χ0) is 12.1. The lowest BCUT2D eigenvalue weighted by atomic mass is 10.0. The zero-order valence-corrected chi connectivity index (χ0v) is 11.3. The van der Waals surface area contributed by atoms with E-state index >= 15 is 0 Å². The van der Waals surface area contributed by atoms with Crippen molar-refractivity contribution >= 4 is 11.3 Å². The van der Waals surface area contributed by atoms with Gasteiger partial charge in [0.1, 0.15) is 0 Å². The molecule has 1 heterocycles. The second-order valence-electron chi connectivity index (χ2n) is 4.51. The van der Waals surface area contributed by atoms with E-state index in [9.17, 15) is 0 Å². The topological polar surface area (TPSA) is 0 Å². The van der Waals surface area contributed by atoms with Crippen molar-refractivity contribution in [3.63, 3.8) is 0 Å². The van der Waals surface area contributed by atoms with Crippen LogP contribution in [0.4, 0.5) is 0 Å². The summed E-state index contributed by atoms with van der Waals surface area (Å²) in [7, 11) is 0. The molecular formula is C16H18S. The molecular weight excluding hydrogens is 224 g/mol. The van der Waals surface area contributed by atoms with Gasteiger partial charge in [-0.3, -0.25) is 0 Å². The van der Waals surface area contributed by atoms with Crippen LogP contribution in [0.5, 0.6) is 0 Å². The first-order valence-corrected chi connectivity index (χ1v) is 6.86. The van der Waals surface area contributed by atoms with Crippen LogP contribution in [0.25, 0.3) is 0 Å². The predicted octanol–water partition coefficient (Wildman–Crippen LogP) is 4.85. The molecule has 17 heavy (non-hydrogen) atoms. The first-order valence-electron chi connectivity index (χ1n) is 5.98. The summed E-state index contributed by atoms with van der Waals surface area (Å²) in [6.07, 6.45) is 4.40. The molecule has 0 atom stereocenters.